The molecule has 0 saturated heterocycles. The number of carbonyl (C=O) groups excluding carboxylic acids is 3. The highest BCUT2D eigenvalue weighted by molar-refractivity contribution is 5.71. The van der Waals surface area contributed by atoms with Gasteiger partial charge >= 0.3 is 17.9 Å². The average molecular weight is 938 g/mol. The molecule has 0 radical (unpaired) electrons. The van der Waals surface area contributed by atoms with Crippen LogP contribution in [0.15, 0.2) is 60.8 Å². The second kappa shape index (κ2) is 55.7. The summed E-state index contributed by atoms with van der Waals surface area (Å²) in [5.41, 5.74) is 0. The Morgan fingerprint density at radius 2 is 0.627 bits per heavy atom. The maximum absolute atomic E-state index is 12.8. The van der Waals surface area contributed by atoms with Crippen LogP contribution in [0.1, 0.15) is 290 Å². The van der Waals surface area contributed by atoms with Crippen LogP contribution < -0.4 is 0 Å². The number of unbranched alkanes of at least 4 members (excludes halogenated alkanes) is 32. The van der Waals surface area contributed by atoms with E-state index in [1.807, 2.05) is 0 Å². The molecule has 388 valence electrons. The van der Waals surface area contributed by atoms with E-state index >= 15 is 0 Å². The third kappa shape index (κ3) is 53.9. The first kappa shape index (κ1) is 64.1. The number of hydrogen-bond acceptors (Lipinski definition) is 6. The van der Waals surface area contributed by atoms with Crippen molar-refractivity contribution in [2.75, 3.05) is 13.2 Å². The van der Waals surface area contributed by atoms with Gasteiger partial charge in [-0.15, -0.1) is 0 Å². The first-order valence-electron chi connectivity index (χ1n) is 28.8. The third-order valence-corrected chi connectivity index (χ3v) is 12.5. The van der Waals surface area contributed by atoms with Gasteiger partial charge in [0.1, 0.15) is 13.2 Å². The van der Waals surface area contributed by atoms with Crippen molar-refractivity contribution < 1.29 is 28.6 Å². The molecule has 0 saturated carbocycles. The van der Waals surface area contributed by atoms with Gasteiger partial charge in [-0.2, -0.15) is 0 Å². The van der Waals surface area contributed by atoms with Crippen LogP contribution in [0.25, 0.3) is 0 Å². The molecule has 0 N–H and O–H groups in total. The molecule has 0 spiro atoms. The van der Waals surface area contributed by atoms with E-state index in [4.69, 9.17) is 14.2 Å². The number of allylic oxidation sites excluding steroid dienone is 10. The summed E-state index contributed by atoms with van der Waals surface area (Å²) < 4.78 is 16.9. The van der Waals surface area contributed by atoms with Crippen LogP contribution >= 0.6 is 0 Å². The zero-order chi connectivity index (χ0) is 48.6. The first-order chi connectivity index (χ1) is 33.0. The van der Waals surface area contributed by atoms with Gasteiger partial charge in [0.15, 0.2) is 6.10 Å². The van der Waals surface area contributed by atoms with Gasteiger partial charge in [0, 0.05) is 19.3 Å². The monoisotopic (exact) mass is 937 g/mol. The lowest BCUT2D eigenvalue weighted by Crippen LogP contribution is -2.30. The van der Waals surface area contributed by atoms with Gasteiger partial charge in [-0.25, -0.2) is 0 Å². The van der Waals surface area contributed by atoms with Gasteiger partial charge in [-0.1, -0.05) is 255 Å². The Morgan fingerprint density at radius 3 is 1.00 bits per heavy atom. The van der Waals surface area contributed by atoms with E-state index in [0.717, 1.165) is 109 Å². The van der Waals surface area contributed by atoms with Crippen LogP contribution in [0.4, 0.5) is 0 Å². The van der Waals surface area contributed by atoms with E-state index in [1.165, 1.54) is 141 Å². The smallest absolute Gasteiger partial charge is 0.306 e. The quantitative estimate of drug-likeness (QED) is 0.0199. The Morgan fingerprint density at radius 1 is 0.328 bits per heavy atom. The van der Waals surface area contributed by atoms with Crippen LogP contribution in [-0.4, -0.2) is 37.2 Å². The Kier molecular flexibility index (Phi) is 53.3. The fourth-order valence-electron chi connectivity index (χ4n) is 8.21. The van der Waals surface area contributed by atoms with Crippen LogP contribution in [0.5, 0.6) is 0 Å². The van der Waals surface area contributed by atoms with Gasteiger partial charge < -0.3 is 14.2 Å². The molecule has 0 heterocycles. The highest BCUT2D eigenvalue weighted by Gasteiger charge is 2.19. The summed E-state index contributed by atoms with van der Waals surface area (Å²) in [7, 11) is 0. The van der Waals surface area contributed by atoms with E-state index < -0.39 is 6.10 Å². The molecule has 1 unspecified atom stereocenters. The van der Waals surface area contributed by atoms with Crippen molar-refractivity contribution >= 4 is 17.9 Å². The maximum atomic E-state index is 12.8. The molecule has 0 aromatic heterocycles. The number of carbonyl (C=O) groups is 3. The van der Waals surface area contributed by atoms with Gasteiger partial charge in [0.2, 0.25) is 0 Å². The van der Waals surface area contributed by atoms with E-state index in [-0.39, 0.29) is 31.1 Å². The van der Waals surface area contributed by atoms with Crippen molar-refractivity contribution in [2.24, 2.45) is 0 Å². The SMILES string of the molecule is CC/C=C\C/C=C\C/C=C\CCCCCCCCC(=O)OC(COC(=O)CCCCCCC/C=C\C=C/CCCCCCCCC)COC(=O)CCCCCCCCCCCCCCCCC. The normalized spacial score (nSPS) is 12.5. The molecule has 6 heteroatoms. The molecule has 0 bridgehead atoms. The molecule has 0 amide bonds. The second-order valence-corrected chi connectivity index (χ2v) is 19.2. The van der Waals surface area contributed by atoms with Crippen LogP contribution in [0.3, 0.4) is 0 Å². The fraction of sp³-hybridized carbons (Fsp3) is 0.787. The van der Waals surface area contributed by atoms with Gasteiger partial charge in [0.05, 0.1) is 0 Å². The van der Waals surface area contributed by atoms with Crippen LogP contribution in [0.2, 0.25) is 0 Å². The van der Waals surface area contributed by atoms with Crippen molar-refractivity contribution in [1.82, 2.24) is 0 Å². The summed E-state index contributed by atoms with van der Waals surface area (Å²) in [6.45, 7) is 6.53. The van der Waals surface area contributed by atoms with Crippen molar-refractivity contribution in [3.8, 4) is 0 Å². The lowest BCUT2D eigenvalue weighted by molar-refractivity contribution is -0.167. The molecule has 0 aromatic rings. The predicted octanol–water partition coefficient (Wildman–Crippen LogP) is 19.2. The van der Waals surface area contributed by atoms with Crippen molar-refractivity contribution in [2.45, 2.75) is 297 Å². The molecule has 0 aliphatic rings. The van der Waals surface area contributed by atoms with Gasteiger partial charge in [-0.3, -0.25) is 14.4 Å². The topological polar surface area (TPSA) is 78.9 Å². The Balaban J connectivity index is 4.40. The lowest BCUT2D eigenvalue weighted by atomic mass is 10.0. The highest BCUT2D eigenvalue weighted by atomic mass is 16.6. The standard InChI is InChI=1S/C61H108O6/c1-4-7-10-13-16-19-22-25-28-30-31-34-36-39-42-45-48-51-54-60(63)66-57-58(56-65-59(62)53-50-47-44-41-38-35-32-27-24-21-18-15-12-9-6-3)67-61(64)55-52-49-46-43-40-37-33-29-26-23-20-17-14-11-8-5-2/h8,11,17,20,26,28-31,34,58H,4-7,9-10,12-16,18-19,21-25,27,32-33,35-57H2,1-3H3/b11-8-,20-17-,29-26-,30-28-,34-31-. The van der Waals surface area contributed by atoms with Crippen molar-refractivity contribution in [1.29, 1.82) is 0 Å². The molecular formula is C61H108O6. The minimum atomic E-state index is -0.786. The third-order valence-electron chi connectivity index (χ3n) is 12.5. The molecule has 0 rings (SSSR count). The highest BCUT2D eigenvalue weighted by Crippen LogP contribution is 2.16. The molecule has 1 atom stereocenters. The minimum Gasteiger partial charge on any atom is -0.462 e. The zero-order valence-electron chi connectivity index (χ0n) is 44.4. The molecule has 6 nitrogen and oxygen atoms in total. The Hall–Kier alpha value is -2.89. The largest absolute Gasteiger partial charge is 0.462 e. The van der Waals surface area contributed by atoms with Crippen molar-refractivity contribution in [3.63, 3.8) is 0 Å². The maximum Gasteiger partial charge on any atom is 0.306 e. The molecule has 0 fully saturated rings. The number of esters is 3. The fourth-order valence-corrected chi connectivity index (χ4v) is 8.21. The molecular weight excluding hydrogens is 829 g/mol. The second-order valence-electron chi connectivity index (χ2n) is 19.2. The van der Waals surface area contributed by atoms with E-state index in [1.54, 1.807) is 0 Å². The van der Waals surface area contributed by atoms with E-state index in [9.17, 15) is 14.4 Å². The molecule has 0 aromatic carbocycles. The number of hydrogen-bond donors (Lipinski definition) is 0. The summed E-state index contributed by atoms with van der Waals surface area (Å²) >= 11 is 0. The van der Waals surface area contributed by atoms with Crippen LogP contribution in [0, 0.1) is 0 Å². The van der Waals surface area contributed by atoms with E-state index in [2.05, 4.69) is 81.5 Å². The zero-order valence-corrected chi connectivity index (χ0v) is 44.4. The lowest BCUT2D eigenvalue weighted by Gasteiger charge is -2.18. The minimum absolute atomic E-state index is 0.0823. The first-order valence-corrected chi connectivity index (χ1v) is 28.8. The predicted molar refractivity (Wildman–Crippen MR) is 288 cm³/mol. The summed E-state index contributed by atoms with van der Waals surface area (Å²) in [6, 6.07) is 0. The van der Waals surface area contributed by atoms with E-state index in [0.29, 0.717) is 19.3 Å². The van der Waals surface area contributed by atoms with Crippen molar-refractivity contribution in [3.05, 3.63) is 60.8 Å². The number of rotatable bonds is 52. The molecule has 0 aliphatic heterocycles. The Labute approximate surface area is 415 Å². The summed E-state index contributed by atoms with van der Waals surface area (Å²) in [6.07, 6.45) is 69.2. The molecule has 67 heavy (non-hydrogen) atoms. The van der Waals surface area contributed by atoms with Gasteiger partial charge in [0.25, 0.3) is 0 Å². The average Bonchev–Trinajstić information content (AvgIpc) is 3.33. The number of ether oxygens (including phenoxy) is 3. The van der Waals surface area contributed by atoms with Crippen LogP contribution in [-0.2, 0) is 28.6 Å². The summed E-state index contributed by atoms with van der Waals surface area (Å²) in [5, 5.41) is 0. The van der Waals surface area contributed by atoms with Gasteiger partial charge in [-0.05, 0) is 77.0 Å². The summed E-state index contributed by atoms with van der Waals surface area (Å²) in [4.78, 5) is 38.1. The summed E-state index contributed by atoms with van der Waals surface area (Å²) in [5.74, 6) is -0.899. The Bertz CT molecular complexity index is 1210. The molecule has 0 aliphatic carbocycles.